The number of nitrogens with zero attached hydrogens (tertiary/aromatic N) is 5. The average molecular weight is 331 g/mol. The minimum absolute atomic E-state index is 0.0565. The second-order valence-electron chi connectivity index (χ2n) is 5.51. The first-order chi connectivity index (χ1) is 12.1. The van der Waals surface area contributed by atoms with E-state index in [1.807, 2.05) is 37.3 Å². The van der Waals surface area contributed by atoms with Crippen LogP contribution in [0.5, 0.6) is 0 Å². The van der Waals surface area contributed by atoms with Gasteiger partial charge in [0.15, 0.2) is 5.65 Å². The number of rotatable bonds is 3. The van der Waals surface area contributed by atoms with Gasteiger partial charge in [-0.1, -0.05) is 6.07 Å². The zero-order valence-electron chi connectivity index (χ0n) is 13.3. The highest BCUT2D eigenvalue weighted by molar-refractivity contribution is 5.94. The molecule has 0 aliphatic rings. The Labute approximate surface area is 142 Å². The molecule has 0 aromatic carbocycles. The van der Waals surface area contributed by atoms with E-state index in [2.05, 4.69) is 20.1 Å². The smallest absolute Gasteiger partial charge is 0.341 e. The maximum Gasteiger partial charge on any atom is 0.341 e. The molecule has 0 saturated heterocycles. The van der Waals surface area contributed by atoms with Gasteiger partial charge in [0.25, 0.3) is 0 Å². The molecule has 0 fully saturated rings. The lowest BCUT2D eigenvalue weighted by atomic mass is 10.1. The monoisotopic (exact) mass is 331 g/mol. The van der Waals surface area contributed by atoms with Crippen molar-refractivity contribution in [1.82, 2.24) is 24.6 Å². The van der Waals surface area contributed by atoms with E-state index < -0.39 is 5.97 Å². The lowest BCUT2D eigenvalue weighted by Gasteiger charge is -2.08. The molecule has 25 heavy (non-hydrogen) atoms. The summed E-state index contributed by atoms with van der Waals surface area (Å²) >= 11 is 0. The second-order valence-corrected chi connectivity index (χ2v) is 5.51. The van der Waals surface area contributed by atoms with Crippen LogP contribution in [-0.2, 0) is 0 Å². The van der Waals surface area contributed by atoms with E-state index in [9.17, 15) is 9.90 Å². The van der Waals surface area contributed by atoms with Gasteiger partial charge in [0, 0.05) is 23.7 Å². The predicted molar refractivity (Wildman–Crippen MR) is 91.1 cm³/mol. The van der Waals surface area contributed by atoms with Crippen LogP contribution in [0.2, 0.25) is 0 Å². The molecule has 0 unspecified atom stereocenters. The van der Waals surface area contributed by atoms with Crippen molar-refractivity contribution >= 4 is 11.6 Å². The second kappa shape index (κ2) is 5.79. The summed E-state index contributed by atoms with van der Waals surface area (Å²) < 4.78 is 1.44. The number of aromatic carboxylic acids is 1. The molecule has 0 bridgehead atoms. The maximum atomic E-state index is 11.3. The lowest BCUT2D eigenvalue weighted by molar-refractivity contribution is 0.0699. The average Bonchev–Trinajstić information content (AvgIpc) is 3.05. The number of fused-ring (bicyclic) bond motifs is 1. The largest absolute Gasteiger partial charge is 0.477 e. The third kappa shape index (κ3) is 2.61. The molecule has 122 valence electrons. The number of carboxylic acid groups (broad SMARTS) is 1. The fraction of sp³-hybridized carbons (Fsp3) is 0.0556. The first kappa shape index (κ1) is 14.9. The van der Waals surface area contributed by atoms with Crippen molar-refractivity contribution in [2.75, 3.05) is 0 Å². The van der Waals surface area contributed by atoms with Crippen molar-refractivity contribution in [3.05, 3.63) is 66.2 Å². The molecule has 0 amide bonds. The van der Waals surface area contributed by atoms with Gasteiger partial charge in [0.05, 0.1) is 23.3 Å². The summed E-state index contributed by atoms with van der Waals surface area (Å²) in [4.78, 5) is 24.8. The molecule has 4 aromatic heterocycles. The molecular formula is C18H13N5O2. The Morgan fingerprint density at radius 2 is 1.96 bits per heavy atom. The number of hydrogen-bond donors (Lipinski definition) is 1. The van der Waals surface area contributed by atoms with E-state index in [0.717, 1.165) is 17.0 Å². The summed E-state index contributed by atoms with van der Waals surface area (Å²) in [6.07, 6.45) is 4.67. The van der Waals surface area contributed by atoms with E-state index in [0.29, 0.717) is 11.4 Å². The van der Waals surface area contributed by atoms with Crippen molar-refractivity contribution in [2.45, 2.75) is 6.92 Å². The minimum atomic E-state index is -1.06. The van der Waals surface area contributed by atoms with Crippen LogP contribution in [0.15, 0.2) is 55.0 Å². The summed E-state index contributed by atoms with van der Waals surface area (Å²) in [6, 6.07) is 11.2. The fourth-order valence-electron chi connectivity index (χ4n) is 2.66. The Kier molecular flexibility index (Phi) is 3.46. The van der Waals surface area contributed by atoms with Crippen LogP contribution in [0.1, 0.15) is 16.1 Å². The molecule has 0 aliphatic carbocycles. The third-order valence-electron chi connectivity index (χ3n) is 3.81. The molecule has 0 aliphatic heterocycles. The summed E-state index contributed by atoms with van der Waals surface area (Å²) in [7, 11) is 0. The molecule has 4 aromatic rings. The van der Waals surface area contributed by atoms with E-state index in [1.54, 1.807) is 18.5 Å². The van der Waals surface area contributed by atoms with E-state index in [-0.39, 0.29) is 11.2 Å². The van der Waals surface area contributed by atoms with Crippen molar-refractivity contribution < 1.29 is 9.90 Å². The van der Waals surface area contributed by atoms with Gasteiger partial charge in [0.2, 0.25) is 0 Å². The summed E-state index contributed by atoms with van der Waals surface area (Å²) in [5.41, 5.74) is 4.06. The SMILES string of the molecule is Cc1cccc(-c2ncccc2-c2ccn3ncc(C(=O)O)c3n2)n1. The fourth-order valence-corrected chi connectivity index (χ4v) is 2.66. The van der Waals surface area contributed by atoms with Crippen molar-refractivity contribution in [3.63, 3.8) is 0 Å². The van der Waals surface area contributed by atoms with Crippen LogP contribution in [0.25, 0.3) is 28.3 Å². The van der Waals surface area contributed by atoms with Crippen LogP contribution in [-0.4, -0.2) is 35.6 Å². The van der Waals surface area contributed by atoms with Gasteiger partial charge < -0.3 is 5.11 Å². The van der Waals surface area contributed by atoms with E-state index in [1.165, 1.54) is 10.7 Å². The highest BCUT2D eigenvalue weighted by Gasteiger charge is 2.16. The number of carbonyl (C=O) groups is 1. The first-order valence-corrected chi connectivity index (χ1v) is 7.60. The van der Waals surface area contributed by atoms with Gasteiger partial charge >= 0.3 is 5.97 Å². The molecule has 0 saturated carbocycles. The van der Waals surface area contributed by atoms with Gasteiger partial charge in [-0.05, 0) is 37.3 Å². The van der Waals surface area contributed by atoms with Crippen molar-refractivity contribution in [2.24, 2.45) is 0 Å². The normalized spacial score (nSPS) is 10.9. The molecular weight excluding hydrogens is 318 g/mol. The van der Waals surface area contributed by atoms with Crippen molar-refractivity contribution in [1.29, 1.82) is 0 Å². The molecule has 0 radical (unpaired) electrons. The maximum absolute atomic E-state index is 11.3. The molecule has 0 atom stereocenters. The molecule has 0 spiro atoms. The zero-order valence-corrected chi connectivity index (χ0v) is 13.3. The summed E-state index contributed by atoms with van der Waals surface area (Å²) in [5.74, 6) is -1.06. The molecule has 7 nitrogen and oxygen atoms in total. The van der Waals surface area contributed by atoms with Crippen molar-refractivity contribution in [3.8, 4) is 22.6 Å². The van der Waals surface area contributed by atoms with E-state index >= 15 is 0 Å². The van der Waals surface area contributed by atoms with Crippen LogP contribution in [0.4, 0.5) is 0 Å². The Balaban J connectivity index is 1.92. The van der Waals surface area contributed by atoms with Crippen LogP contribution in [0, 0.1) is 6.92 Å². The summed E-state index contributed by atoms with van der Waals surface area (Å²) in [6.45, 7) is 1.92. The number of aromatic nitrogens is 5. The third-order valence-corrected chi connectivity index (χ3v) is 3.81. The first-order valence-electron chi connectivity index (χ1n) is 7.60. The molecule has 1 N–H and O–H groups in total. The number of pyridine rings is 2. The summed E-state index contributed by atoms with van der Waals surface area (Å²) in [5, 5.41) is 13.3. The molecule has 4 rings (SSSR count). The minimum Gasteiger partial charge on any atom is -0.477 e. The Morgan fingerprint density at radius 3 is 2.76 bits per heavy atom. The topological polar surface area (TPSA) is 93.3 Å². The van der Waals surface area contributed by atoms with Gasteiger partial charge in [0.1, 0.15) is 5.56 Å². The Bertz CT molecular complexity index is 1100. The van der Waals surface area contributed by atoms with Gasteiger partial charge in [-0.25, -0.2) is 14.3 Å². The van der Waals surface area contributed by atoms with Crippen LogP contribution >= 0.6 is 0 Å². The Morgan fingerprint density at radius 1 is 1.08 bits per heavy atom. The quantitative estimate of drug-likeness (QED) is 0.620. The van der Waals surface area contributed by atoms with Gasteiger partial charge in [-0.3, -0.25) is 9.97 Å². The molecule has 7 heteroatoms. The highest BCUT2D eigenvalue weighted by Crippen LogP contribution is 2.28. The Hall–Kier alpha value is -3.61. The number of carboxylic acids is 1. The van der Waals surface area contributed by atoms with Crippen LogP contribution < -0.4 is 0 Å². The highest BCUT2D eigenvalue weighted by atomic mass is 16.4. The van der Waals surface area contributed by atoms with Crippen LogP contribution in [0.3, 0.4) is 0 Å². The van der Waals surface area contributed by atoms with Gasteiger partial charge in [-0.15, -0.1) is 0 Å². The lowest BCUT2D eigenvalue weighted by Crippen LogP contribution is -2.00. The predicted octanol–water partition coefficient (Wildman–Crippen LogP) is 2.86. The molecule has 4 heterocycles. The zero-order chi connectivity index (χ0) is 17.4. The van der Waals surface area contributed by atoms with Gasteiger partial charge in [-0.2, -0.15) is 5.10 Å². The number of hydrogen-bond acceptors (Lipinski definition) is 5. The number of aryl methyl sites for hydroxylation is 1. The van der Waals surface area contributed by atoms with E-state index in [4.69, 9.17) is 0 Å². The standard InChI is InChI=1S/C18H13N5O2/c1-11-4-2-6-15(21-11)16-12(5-3-8-19-16)14-7-9-23-17(22-14)13(10-20-23)18(24)25/h2-10H,1H3,(H,24,25).